The molecule has 0 amide bonds. The molecule has 0 aliphatic heterocycles. The zero-order valence-corrected chi connectivity index (χ0v) is 9.19. The maximum absolute atomic E-state index is 4.84. The molecule has 1 fully saturated rings. The van der Waals surface area contributed by atoms with Crippen LogP contribution in [0.2, 0.25) is 0 Å². The van der Waals surface area contributed by atoms with Crippen LogP contribution in [-0.4, -0.2) is 9.97 Å². The Bertz CT molecular complexity index is 503. The first-order valence-corrected chi connectivity index (χ1v) is 6.18. The minimum atomic E-state index is 0.692. The zero-order chi connectivity index (χ0) is 10.5. The smallest absolute Gasteiger partial charge is 0.0890 e. The van der Waals surface area contributed by atoms with E-state index in [1.165, 1.54) is 37.1 Å². The molecule has 0 unspecified atom stereocenters. The molecule has 0 radical (unpaired) electrons. The molecule has 0 atom stereocenters. The van der Waals surface area contributed by atoms with Crippen LogP contribution in [0.25, 0.3) is 11.0 Å². The lowest BCUT2D eigenvalue weighted by Gasteiger charge is -2.36. The number of hydrogen-bond acceptors (Lipinski definition) is 2. The monoisotopic (exact) mass is 210 g/mol. The second-order valence-electron chi connectivity index (χ2n) is 5.03. The normalized spacial score (nSPS) is 27.0. The van der Waals surface area contributed by atoms with Crippen LogP contribution in [0.4, 0.5) is 0 Å². The lowest BCUT2D eigenvalue weighted by atomic mass is 9.71. The van der Waals surface area contributed by atoms with Crippen molar-refractivity contribution in [3.05, 3.63) is 35.7 Å². The molecule has 2 nitrogen and oxygen atoms in total. The third-order valence-corrected chi connectivity index (χ3v) is 4.13. The van der Waals surface area contributed by atoms with Gasteiger partial charge in [0, 0.05) is 11.8 Å². The fourth-order valence-electron chi connectivity index (χ4n) is 3.27. The van der Waals surface area contributed by atoms with Crippen LogP contribution < -0.4 is 0 Å². The first-order valence-electron chi connectivity index (χ1n) is 6.18. The van der Waals surface area contributed by atoms with E-state index >= 15 is 0 Å². The molecular formula is C14H14N2. The van der Waals surface area contributed by atoms with E-state index in [-0.39, 0.29) is 0 Å². The second-order valence-corrected chi connectivity index (χ2v) is 5.03. The lowest BCUT2D eigenvalue weighted by Crippen LogP contribution is -2.24. The Morgan fingerprint density at radius 1 is 0.750 bits per heavy atom. The van der Waals surface area contributed by atoms with E-state index < -0.39 is 0 Å². The Kier molecular flexibility index (Phi) is 1.65. The molecular weight excluding hydrogens is 196 g/mol. The van der Waals surface area contributed by atoms with Crippen molar-refractivity contribution in [3.8, 4) is 0 Å². The molecule has 2 heteroatoms. The molecule has 1 aromatic heterocycles. The summed E-state index contributed by atoms with van der Waals surface area (Å²) in [6, 6.07) is 8.24. The van der Waals surface area contributed by atoms with Gasteiger partial charge in [-0.1, -0.05) is 12.1 Å². The van der Waals surface area contributed by atoms with E-state index in [4.69, 9.17) is 9.97 Å². The standard InChI is InChI=1S/C14H14N2/c1-2-4-12-11(3-1)15-13-9-5-7-10(8-6-9)14(13)16-12/h1-4,9-10H,5-8H2. The molecule has 1 heterocycles. The number of hydrogen-bond donors (Lipinski definition) is 0. The molecule has 16 heavy (non-hydrogen) atoms. The molecule has 2 aromatic rings. The molecule has 1 aromatic carbocycles. The summed E-state index contributed by atoms with van der Waals surface area (Å²) in [6.07, 6.45) is 5.30. The van der Waals surface area contributed by atoms with E-state index in [0.29, 0.717) is 11.8 Å². The molecule has 0 saturated heterocycles. The largest absolute Gasteiger partial charge is 0.249 e. The van der Waals surface area contributed by atoms with Crippen LogP contribution in [-0.2, 0) is 0 Å². The van der Waals surface area contributed by atoms with Crippen molar-refractivity contribution in [2.24, 2.45) is 0 Å². The van der Waals surface area contributed by atoms with Crippen LogP contribution in [0, 0.1) is 0 Å². The molecule has 5 rings (SSSR count). The van der Waals surface area contributed by atoms with Crippen molar-refractivity contribution >= 4 is 11.0 Å². The molecule has 80 valence electrons. The second kappa shape index (κ2) is 3.03. The Morgan fingerprint density at radius 3 is 1.62 bits per heavy atom. The van der Waals surface area contributed by atoms with Crippen LogP contribution in [0.3, 0.4) is 0 Å². The molecule has 1 saturated carbocycles. The third-order valence-electron chi connectivity index (χ3n) is 4.13. The Morgan fingerprint density at radius 2 is 1.19 bits per heavy atom. The predicted octanol–water partition coefficient (Wildman–Crippen LogP) is 3.38. The number of rotatable bonds is 0. The minimum absolute atomic E-state index is 0.692. The molecule has 0 spiro atoms. The van der Waals surface area contributed by atoms with E-state index in [9.17, 15) is 0 Å². The zero-order valence-electron chi connectivity index (χ0n) is 9.19. The van der Waals surface area contributed by atoms with Crippen LogP contribution in [0.1, 0.15) is 48.9 Å². The average Bonchev–Trinajstić information content (AvgIpc) is 2.38. The van der Waals surface area contributed by atoms with Gasteiger partial charge in [0.15, 0.2) is 0 Å². The summed E-state index contributed by atoms with van der Waals surface area (Å²) in [4.78, 5) is 9.67. The maximum atomic E-state index is 4.84. The van der Waals surface area contributed by atoms with Crippen molar-refractivity contribution in [3.63, 3.8) is 0 Å². The van der Waals surface area contributed by atoms with Crippen LogP contribution in [0.5, 0.6) is 0 Å². The highest BCUT2D eigenvalue weighted by Gasteiger charge is 2.35. The summed E-state index contributed by atoms with van der Waals surface area (Å²) in [5, 5.41) is 0. The average molecular weight is 210 g/mol. The summed E-state index contributed by atoms with van der Waals surface area (Å²) >= 11 is 0. The van der Waals surface area contributed by atoms with E-state index in [1.807, 2.05) is 12.1 Å². The van der Waals surface area contributed by atoms with Crippen LogP contribution in [0.15, 0.2) is 24.3 Å². The van der Waals surface area contributed by atoms with Crippen molar-refractivity contribution in [1.82, 2.24) is 9.97 Å². The summed E-state index contributed by atoms with van der Waals surface area (Å²) < 4.78 is 0. The van der Waals surface area contributed by atoms with Gasteiger partial charge in [-0.15, -0.1) is 0 Å². The van der Waals surface area contributed by atoms with Gasteiger partial charge in [-0.25, -0.2) is 9.97 Å². The highest BCUT2D eigenvalue weighted by molar-refractivity contribution is 5.74. The topological polar surface area (TPSA) is 25.8 Å². The minimum Gasteiger partial charge on any atom is -0.249 e. The Hall–Kier alpha value is -1.44. The fraction of sp³-hybridized carbons (Fsp3) is 0.429. The number of nitrogens with zero attached hydrogens (tertiary/aromatic N) is 2. The SMILES string of the molecule is c1ccc2nc3c(nc2c1)C1CCC3CC1. The number of benzene rings is 1. The Balaban J connectivity index is 2.03. The van der Waals surface area contributed by atoms with Gasteiger partial charge in [-0.2, -0.15) is 0 Å². The van der Waals surface area contributed by atoms with Gasteiger partial charge in [0.05, 0.1) is 22.4 Å². The van der Waals surface area contributed by atoms with Crippen molar-refractivity contribution < 1.29 is 0 Å². The summed E-state index contributed by atoms with van der Waals surface area (Å²) in [6.45, 7) is 0. The van der Waals surface area contributed by atoms with Gasteiger partial charge < -0.3 is 0 Å². The molecule has 0 N–H and O–H groups in total. The van der Waals surface area contributed by atoms with E-state index in [0.717, 1.165) is 11.0 Å². The third kappa shape index (κ3) is 1.07. The first kappa shape index (κ1) is 8.68. The van der Waals surface area contributed by atoms with Gasteiger partial charge in [-0.05, 0) is 37.8 Å². The first-order chi connectivity index (χ1) is 7.92. The van der Waals surface area contributed by atoms with Gasteiger partial charge in [0.2, 0.25) is 0 Å². The lowest BCUT2D eigenvalue weighted by molar-refractivity contribution is 0.344. The van der Waals surface area contributed by atoms with E-state index in [1.54, 1.807) is 0 Å². The molecule has 3 aliphatic rings. The number of fused-ring (bicyclic) bond motifs is 3. The van der Waals surface area contributed by atoms with Gasteiger partial charge in [-0.3, -0.25) is 0 Å². The Labute approximate surface area is 94.7 Å². The quantitative estimate of drug-likeness (QED) is 0.666. The molecule has 3 aliphatic carbocycles. The van der Waals surface area contributed by atoms with Crippen LogP contribution >= 0.6 is 0 Å². The summed E-state index contributed by atoms with van der Waals surface area (Å²) in [7, 11) is 0. The number of para-hydroxylation sites is 2. The van der Waals surface area contributed by atoms with Gasteiger partial charge in [0.1, 0.15) is 0 Å². The van der Waals surface area contributed by atoms with Gasteiger partial charge >= 0.3 is 0 Å². The van der Waals surface area contributed by atoms with Crippen molar-refractivity contribution in [2.75, 3.05) is 0 Å². The highest BCUT2D eigenvalue weighted by Crippen LogP contribution is 2.47. The maximum Gasteiger partial charge on any atom is 0.0890 e. The van der Waals surface area contributed by atoms with Crippen molar-refractivity contribution in [1.29, 1.82) is 0 Å². The summed E-state index contributed by atoms with van der Waals surface area (Å²) in [5.41, 5.74) is 4.74. The molecule has 2 bridgehead atoms. The van der Waals surface area contributed by atoms with E-state index in [2.05, 4.69) is 12.1 Å². The highest BCUT2D eigenvalue weighted by atomic mass is 14.9. The predicted molar refractivity (Wildman–Crippen MR) is 63.5 cm³/mol. The van der Waals surface area contributed by atoms with Gasteiger partial charge in [0.25, 0.3) is 0 Å². The summed E-state index contributed by atoms with van der Waals surface area (Å²) in [5.74, 6) is 1.38. The fourth-order valence-corrected chi connectivity index (χ4v) is 3.27. The van der Waals surface area contributed by atoms with Crippen molar-refractivity contribution in [2.45, 2.75) is 37.5 Å². The number of aromatic nitrogens is 2.